The highest BCUT2D eigenvalue weighted by Crippen LogP contribution is 2.36. The number of carbonyl (C=O) groups excluding carboxylic acids is 1. The maximum Gasteiger partial charge on any atom is 0.494 e. The fourth-order valence-electron chi connectivity index (χ4n) is 3.23. The van der Waals surface area contributed by atoms with Crippen molar-refractivity contribution in [2.24, 2.45) is 0 Å². The van der Waals surface area contributed by atoms with Gasteiger partial charge in [-0.3, -0.25) is 4.57 Å². The first-order valence-corrected chi connectivity index (χ1v) is 9.44. The second kappa shape index (κ2) is 6.80. The zero-order chi connectivity index (χ0) is 19.9. The molecule has 144 valence electrons. The summed E-state index contributed by atoms with van der Waals surface area (Å²) >= 11 is 0. The molecule has 1 aliphatic heterocycles. The highest BCUT2D eigenvalue weighted by atomic mass is 16.7. The Labute approximate surface area is 165 Å². The lowest BCUT2D eigenvalue weighted by molar-refractivity contribution is 0.00578. The van der Waals surface area contributed by atoms with Gasteiger partial charge in [0.25, 0.3) is 0 Å². The minimum Gasteiger partial charge on any atom is -0.444 e. The van der Waals surface area contributed by atoms with Crippen LogP contribution in [0.15, 0.2) is 60.8 Å². The molecule has 3 aromatic rings. The molecule has 0 unspecified atom stereocenters. The highest BCUT2D eigenvalue weighted by Gasteiger charge is 2.51. The molecule has 0 N–H and O–H groups in total. The molecule has 0 aliphatic carbocycles. The van der Waals surface area contributed by atoms with E-state index in [1.165, 1.54) is 4.57 Å². The molecule has 0 radical (unpaired) electrons. The molecule has 0 bridgehead atoms. The minimum absolute atomic E-state index is 0.241. The number of rotatable bonds is 3. The van der Waals surface area contributed by atoms with Gasteiger partial charge >= 0.3 is 13.2 Å². The van der Waals surface area contributed by atoms with Crippen LogP contribution in [0.2, 0.25) is 0 Å². The number of ether oxygens (including phenoxy) is 1. The summed E-state index contributed by atoms with van der Waals surface area (Å²) in [5.41, 5.74) is 1.90. The lowest BCUT2D eigenvalue weighted by atomic mass is 9.79. The van der Waals surface area contributed by atoms with E-state index in [0.717, 1.165) is 21.9 Å². The summed E-state index contributed by atoms with van der Waals surface area (Å²) < 4.78 is 19.2. The molecule has 1 aromatic heterocycles. The molecular weight excluding hydrogens is 353 g/mol. The average Bonchev–Trinajstić information content (AvgIpc) is 3.18. The molecule has 0 saturated carbocycles. The standard InChI is InChI=1S/C22H24BNO4/c1-21(2)22(3,4)28-23(27-21)18-10-11-19-17(14-18)12-13-24(19)20(25)26-15-16-8-6-5-7-9-16/h5-14H,15H2,1-4H3. The monoisotopic (exact) mass is 377 g/mol. The van der Waals surface area contributed by atoms with Crippen LogP contribution in [0.1, 0.15) is 33.3 Å². The van der Waals surface area contributed by atoms with Crippen molar-refractivity contribution in [1.82, 2.24) is 4.57 Å². The molecule has 1 saturated heterocycles. The number of hydrogen-bond acceptors (Lipinski definition) is 4. The number of benzene rings is 2. The van der Waals surface area contributed by atoms with E-state index < -0.39 is 13.2 Å². The van der Waals surface area contributed by atoms with Crippen LogP contribution in [0.4, 0.5) is 4.79 Å². The number of carbonyl (C=O) groups is 1. The van der Waals surface area contributed by atoms with Crippen molar-refractivity contribution in [2.45, 2.75) is 45.5 Å². The van der Waals surface area contributed by atoms with Gasteiger partial charge in [0.05, 0.1) is 16.7 Å². The van der Waals surface area contributed by atoms with Gasteiger partial charge in [0.1, 0.15) is 6.61 Å². The van der Waals surface area contributed by atoms with Gasteiger partial charge in [-0.25, -0.2) is 4.79 Å². The molecule has 1 fully saturated rings. The van der Waals surface area contributed by atoms with Crippen LogP contribution in [0.5, 0.6) is 0 Å². The average molecular weight is 377 g/mol. The largest absolute Gasteiger partial charge is 0.494 e. The van der Waals surface area contributed by atoms with Gasteiger partial charge in [-0.1, -0.05) is 42.5 Å². The quantitative estimate of drug-likeness (QED) is 0.645. The lowest BCUT2D eigenvalue weighted by Crippen LogP contribution is -2.41. The number of hydrogen-bond donors (Lipinski definition) is 0. The molecule has 4 rings (SSSR count). The molecule has 0 amide bonds. The number of aromatic nitrogens is 1. The fourth-order valence-corrected chi connectivity index (χ4v) is 3.23. The SMILES string of the molecule is CC1(C)OB(c2ccc3c(ccn3C(=O)OCc3ccccc3)c2)OC1(C)C. The van der Waals surface area contributed by atoms with Crippen molar-refractivity contribution < 1.29 is 18.8 Å². The summed E-state index contributed by atoms with van der Waals surface area (Å²) in [6.45, 7) is 8.37. The molecule has 5 nitrogen and oxygen atoms in total. The maximum atomic E-state index is 12.5. The van der Waals surface area contributed by atoms with Crippen LogP contribution in [-0.2, 0) is 20.7 Å². The summed E-state index contributed by atoms with van der Waals surface area (Å²) in [6, 6.07) is 17.4. The van der Waals surface area contributed by atoms with E-state index in [0.29, 0.717) is 0 Å². The van der Waals surface area contributed by atoms with Gasteiger partial charge < -0.3 is 14.0 Å². The van der Waals surface area contributed by atoms with Crippen molar-refractivity contribution in [3.8, 4) is 0 Å². The first-order valence-electron chi connectivity index (χ1n) is 9.44. The van der Waals surface area contributed by atoms with E-state index in [1.54, 1.807) is 6.20 Å². The van der Waals surface area contributed by atoms with Gasteiger partial charge in [-0.15, -0.1) is 0 Å². The molecule has 1 aliphatic rings. The van der Waals surface area contributed by atoms with Gasteiger partial charge in [-0.2, -0.15) is 0 Å². The van der Waals surface area contributed by atoms with Crippen molar-refractivity contribution in [3.05, 3.63) is 66.4 Å². The van der Waals surface area contributed by atoms with Gasteiger partial charge in [0.2, 0.25) is 0 Å². The van der Waals surface area contributed by atoms with E-state index in [2.05, 4.69) is 0 Å². The Bertz CT molecular complexity index is 994. The zero-order valence-corrected chi connectivity index (χ0v) is 16.6. The number of nitrogens with zero attached hydrogens (tertiary/aromatic N) is 1. The van der Waals surface area contributed by atoms with Crippen LogP contribution in [0, 0.1) is 0 Å². The van der Waals surface area contributed by atoms with Gasteiger partial charge in [0, 0.05) is 6.20 Å². The van der Waals surface area contributed by atoms with Gasteiger partial charge in [-0.05, 0) is 56.2 Å². The topological polar surface area (TPSA) is 49.7 Å². The van der Waals surface area contributed by atoms with Crippen LogP contribution >= 0.6 is 0 Å². The molecule has 0 atom stereocenters. The van der Waals surface area contributed by atoms with Crippen molar-refractivity contribution in [3.63, 3.8) is 0 Å². The summed E-state index contributed by atoms with van der Waals surface area (Å²) in [6.07, 6.45) is 1.33. The first kappa shape index (κ1) is 18.8. The van der Waals surface area contributed by atoms with Crippen LogP contribution in [0.25, 0.3) is 10.9 Å². The van der Waals surface area contributed by atoms with Gasteiger partial charge in [0.15, 0.2) is 0 Å². The zero-order valence-electron chi connectivity index (χ0n) is 16.6. The molecule has 28 heavy (non-hydrogen) atoms. The molecule has 6 heteroatoms. The smallest absolute Gasteiger partial charge is 0.444 e. The second-order valence-corrected chi connectivity index (χ2v) is 8.13. The Morgan fingerprint density at radius 3 is 2.36 bits per heavy atom. The Balaban J connectivity index is 1.53. The van der Waals surface area contributed by atoms with Crippen LogP contribution in [-0.4, -0.2) is 29.0 Å². The van der Waals surface area contributed by atoms with Crippen LogP contribution in [0.3, 0.4) is 0 Å². The van der Waals surface area contributed by atoms with Crippen molar-refractivity contribution in [1.29, 1.82) is 0 Å². The third-order valence-corrected chi connectivity index (χ3v) is 5.64. The molecule has 0 spiro atoms. The van der Waals surface area contributed by atoms with E-state index in [-0.39, 0.29) is 17.8 Å². The Morgan fingerprint density at radius 2 is 1.68 bits per heavy atom. The molecular formula is C22H24BNO4. The third-order valence-electron chi connectivity index (χ3n) is 5.64. The Morgan fingerprint density at radius 1 is 1.00 bits per heavy atom. The van der Waals surface area contributed by atoms with Crippen molar-refractivity contribution in [2.75, 3.05) is 0 Å². The Kier molecular flexibility index (Phi) is 4.56. The first-order chi connectivity index (χ1) is 13.3. The van der Waals surface area contributed by atoms with E-state index in [4.69, 9.17) is 14.0 Å². The predicted octanol–water partition coefficient (Wildman–Crippen LogP) is 4.13. The minimum atomic E-state index is -0.428. The van der Waals surface area contributed by atoms with E-state index in [9.17, 15) is 4.79 Å². The van der Waals surface area contributed by atoms with Crippen LogP contribution < -0.4 is 5.46 Å². The fraction of sp³-hybridized carbons (Fsp3) is 0.318. The third kappa shape index (κ3) is 3.34. The van der Waals surface area contributed by atoms with E-state index in [1.807, 2.05) is 82.3 Å². The lowest BCUT2D eigenvalue weighted by Gasteiger charge is -2.32. The Hall–Kier alpha value is -2.57. The highest BCUT2D eigenvalue weighted by molar-refractivity contribution is 6.62. The molecule has 2 aromatic carbocycles. The summed E-state index contributed by atoms with van der Waals surface area (Å²) in [7, 11) is -0.428. The summed E-state index contributed by atoms with van der Waals surface area (Å²) in [5.74, 6) is 0. The maximum absolute atomic E-state index is 12.5. The number of fused-ring (bicyclic) bond motifs is 1. The summed E-state index contributed by atoms with van der Waals surface area (Å²) in [5, 5.41) is 0.934. The predicted molar refractivity (Wildman–Crippen MR) is 110 cm³/mol. The van der Waals surface area contributed by atoms with E-state index >= 15 is 0 Å². The normalized spacial score (nSPS) is 17.8. The van der Waals surface area contributed by atoms with Crippen molar-refractivity contribution >= 4 is 29.6 Å². The second-order valence-electron chi connectivity index (χ2n) is 8.13. The molecule has 2 heterocycles. The summed E-state index contributed by atoms with van der Waals surface area (Å²) in [4.78, 5) is 12.5.